The van der Waals surface area contributed by atoms with Crippen molar-refractivity contribution in [1.29, 1.82) is 0 Å². The van der Waals surface area contributed by atoms with E-state index in [1.165, 1.54) is 11.8 Å². The average Bonchev–Trinajstić information content (AvgIpc) is 3.33. The van der Waals surface area contributed by atoms with Crippen molar-refractivity contribution in [2.24, 2.45) is 0 Å². The van der Waals surface area contributed by atoms with Gasteiger partial charge in [0.2, 0.25) is 5.91 Å². The molecule has 4 aromatic rings. The Bertz CT molecular complexity index is 1180. The number of fused-ring (bicyclic) bond motifs is 1. The van der Waals surface area contributed by atoms with Gasteiger partial charge in [0, 0.05) is 6.04 Å². The summed E-state index contributed by atoms with van der Waals surface area (Å²) < 4.78 is 3.18. The van der Waals surface area contributed by atoms with Crippen LogP contribution in [0.15, 0.2) is 60.0 Å². The molecule has 1 amide bonds. The molecule has 152 valence electrons. The number of rotatable bonds is 7. The van der Waals surface area contributed by atoms with Crippen LogP contribution in [0.3, 0.4) is 0 Å². The fourth-order valence-corrected chi connectivity index (χ4v) is 5.28. The van der Waals surface area contributed by atoms with Crippen LogP contribution in [0.1, 0.15) is 30.0 Å². The summed E-state index contributed by atoms with van der Waals surface area (Å²) in [5.74, 6) is 0.318. The van der Waals surface area contributed by atoms with E-state index in [0.29, 0.717) is 18.3 Å². The third-order valence-electron chi connectivity index (χ3n) is 5.13. The Kier molecular flexibility index (Phi) is 5.26. The van der Waals surface area contributed by atoms with E-state index in [9.17, 15) is 4.79 Å². The lowest BCUT2D eigenvalue weighted by molar-refractivity contribution is -0.116. The summed E-state index contributed by atoms with van der Waals surface area (Å²) in [5.41, 5.74) is 3.16. The van der Waals surface area contributed by atoms with E-state index >= 15 is 0 Å². The number of aryl methyl sites for hydroxylation is 1. The Morgan fingerprint density at radius 1 is 1.20 bits per heavy atom. The molecule has 0 bridgehead atoms. The highest BCUT2D eigenvalue weighted by atomic mass is 32.2. The van der Waals surface area contributed by atoms with Crippen LogP contribution in [-0.2, 0) is 11.3 Å². The number of aromatic nitrogens is 4. The first-order valence-electron chi connectivity index (χ1n) is 9.92. The van der Waals surface area contributed by atoms with Gasteiger partial charge in [-0.05, 0) is 37.0 Å². The standard InChI is InChI=1S/C22H21N5OS2/c1-15-6-5-9-18-20(15)24-21(30-18)26(12-16-7-3-2-4-8-16)19(28)13-29-22-25-23-14-27(22)17-10-11-17/h2-9,14,17H,10-13H2,1H3. The molecular formula is C22H21N5OS2. The second kappa shape index (κ2) is 8.20. The third-order valence-corrected chi connectivity index (χ3v) is 7.12. The largest absolute Gasteiger partial charge is 0.306 e. The fourth-order valence-electron chi connectivity index (χ4n) is 3.36. The van der Waals surface area contributed by atoms with E-state index in [-0.39, 0.29) is 5.91 Å². The highest BCUT2D eigenvalue weighted by molar-refractivity contribution is 7.99. The van der Waals surface area contributed by atoms with Gasteiger partial charge in [-0.25, -0.2) is 4.98 Å². The molecule has 1 aliphatic rings. The maximum absolute atomic E-state index is 13.3. The van der Waals surface area contributed by atoms with Gasteiger partial charge in [0.05, 0.1) is 22.5 Å². The minimum absolute atomic E-state index is 0.0194. The Labute approximate surface area is 183 Å². The molecule has 0 atom stereocenters. The first kappa shape index (κ1) is 19.3. The molecular weight excluding hydrogens is 414 g/mol. The SMILES string of the molecule is Cc1cccc2sc(N(Cc3ccccc3)C(=O)CSc3nncn3C3CC3)nc12. The summed E-state index contributed by atoms with van der Waals surface area (Å²) in [6, 6.07) is 16.7. The molecule has 0 radical (unpaired) electrons. The second-order valence-electron chi connectivity index (χ2n) is 7.42. The molecule has 1 saturated carbocycles. The van der Waals surface area contributed by atoms with Gasteiger partial charge >= 0.3 is 0 Å². The third kappa shape index (κ3) is 3.97. The Morgan fingerprint density at radius 3 is 2.80 bits per heavy atom. The number of thiazole rings is 1. The molecule has 2 aromatic heterocycles. The number of carbonyl (C=O) groups excluding carboxylic acids is 1. The zero-order valence-corrected chi connectivity index (χ0v) is 18.2. The highest BCUT2D eigenvalue weighted by Gasteiger charge is 2.27. The lowest BCUT2D eigenvalue weighted by Gasteiger charge is -2.20. The molecule has 0 unspecified atom stereocenters. The molecule has 2 aromatic carbocycles. The van der Waals surface area contributed by atoms with Crippen molar-refractivity contribution in [2.75, 3.05) is 10.7 Å². The quantitative estimate of drug-likeness (QED) is 0.388. The van der Waals surface area contributed by atoms with Crippen molar-refractivity contribution in [3.8, 4) is 0 Å². The summed E-state index contributed by atoms with van der Waals surface area (Å²) in [6.07, 6.45) is 4.08. The predicted molar refractivity (Wildman–Crippen MR) is 121 cm³/mol. The smallest absolute Gasteiger partial charge is 0.239 e. The number of nitrogens with zero attached hydrogens (tertiary/aromatic N) is 5. The Hall–Kier alpha value is -2.71. The molecule has 30 heavy (non-hydrogen) atoms. The summed E-state index contributed by atoms with van der Waals surface area (Å²) in [5, 5.41) is 9.78. The number of anilines is 1. The predicted octanol–water partition coefficient (Wildman–Crippen LogP) is 4.86. The molecule has 6 nitrogen and oxygen atoms in total. The van der Waals surface area contributed by atoms with Gasteiger partial charge in [0.1, 0.15) is 6.33 Å². The minimum Gasteiger partial charge on any atom is -0.306 e. The van der Waals surface area contributed by atoms with E-state index in [0.717, 1.165) is 44.5 Å². The summed E-state index contributed by atoms with van der Waals surface area (Å²) in [4.78, 5) is 19.9. The van der Waals surface area contributed by atoms with Crippen LogP contribution in [0.4, 0.5) is 5.13 Å². The van der Waals surface area contributed by atoms with Crippen LogP contribution < -0.4 is 4.90 Å². The first-order chi connectivity index (χ1) is 14.7. The Morgan fingerprint density at radius 2 is 2.03 bits per heavy atom. The monoisotopic (exact) mass is 435 g/mol. The van der Waals surface area contributed by atoms with E-state index < -0.39 is 0 Å². The molecule has 8 heteroatoms. The fraction of sp³-hybridized carbons (Fsp3) is 0.273. The van der Waals surface area contributed by atoms with Crippen molar-refractivity contribution in [3.63, 3.8) is 0 Å². The van der Waals surface area contributed by atoms with Crippen molar-refractivity contribution in [1.82, 2.24) is 19.7 Å². The van der Waals surface area contributed by atoms with Gasteiger partial charge in [-0.15, -0.1) is 10.2 Å². The number of benzene rings is 2. The van der Waals surface area contributed by atoms with E-state index in [2.05, 4.69) is 33.8 Å². The zero-order chi connectivity index (χ0) is 20.5. The number of thioether (sulfide) groups is 1. The van der Waals surface area contributed by atoms with Crippen LogP contribution >= 0.6 is 23.1 Å². The topological polar surface area (TPSA) is 63.9 Å². The molecule has 0 saturated heterocycles. The maximum Gasteiger partial charge on any atom is 0.239 e. The zero-order valence-electron chi connectivity index (χ0n) is 16.6. The number of carbonyl (C=O) groups is 1. The van der Waals surface area contributed by atoms with Crippen LogP contribution in [-0.4, -0.2) is 31.4 Å². The lowest BCUT2D eigenvalue weighted by atomic mass is 10.2. The number of amides is 1. The molecule has 0 N–H and O–H groups in total. The molecule has 5 rings (SSSR count). The number of hydrogen-bond acceptors (Lipinski definition) is 6. The number of para-hydroxylation sites is 1. The Balaban J connectivity index is 1.41. The maximum atomic E-state index is 13.3. The van der Waals surface area contributed by atoms with E-state index in [1.807, 2.05) is 36.4 Å². The van der Waals surface area contributed by atoms with Gasteiger partial charge < -0.3 is 4.57 Å². The van der Waals surface area contributed by atoms with Gasteiger partial charge in [0.15, 0.2) is 10.3 Å². The van der Waals surface area contributed by atoms with E-state index in [4.69, 9.17) is 4.98 Å². The van der Waals surface area contributed by atoms with Gasteiger partial charge in [0.25, 0.3) is 0 Å². The lowest BCUT2D eigenvalue weighted by Crippen LogP contribution is -2.32. The molecule has 2 heterocycles. The van der Waals surface area contributed by atoms with Gasteiger partial charge in [-0.3, -0.25) is 9.69 Å². The molecule has 1 fully saturated rings. The highest BCUT2D eigenvalue weighted by Crippen LogP contribution is 2.37. The average molecular weight is 436 g/mol. The summed E-state index contributed by atoms with van der Waals surface area (Å²) in [7, 11) is 0. The minimum atomic E-state index is 0.0194. The molecule has 1 aliphatic carbocycles. The van der Waals surface area contributed by atoms with Crippen LogP contribution in [0.25, 0.3) is 10.2 Å². The van der Waals surface area contributed by atoms with Crippen LogP contribution in [0.5, 0.6) is 0 Å². The van der Waals surface area contributed by atoms with Crippen LogP contribution in [0, 0.1) is 6.92 Å². The van der Waals surface area contributed by atoms with E-state index in [1.54, 1.807) is 22.6 Å². The summed E-state index contributed by atoms with van der Waals surface area (Å²) in [6.45, 7) is 2.55. The van der Waals surface area contributed by atoms with Crippen molar-refractivity contribution in [2.45, 2.75) is 37.5 Å². The molecule has 0 aliphatic heterocycles. The first-order valence-corrected chi connectivity index (χ1v) is 11.7. The molecule has 0 spiro atoms. The number of hydrogen-bond donors (Lipinski definition) is 0. The van der Waals surface area contributed by atoms with Crippen molar-refractivity contribution >= 4 is 44.4 Å². The van der Waals surface area contributed by atoms with Crippen molar-refractivity contribution in [3.05, 3.63) is 66.0 Å². The van der Waals surface area contributed by atoms with Crippen molar-refractivity contribution < 1.29 is 4.79 Å². The van der Waals surface area contributed by atoms with Gasteiger partial charge in [-0.1, -0.05) is 65.6 Å². The van der Waals surface area contributed by atoms with Gasteiger partial charge in [-0.2, -0.15) is 0 Å². The van der Waals surface area contributed by atoms with Crippen LogP contribution in [0.2, 0.25) is 0 Å². The summed E-state index contributed by atoms with van der Waals surface area (Å²) >= 11 is 3.01. The normalized spacial score (nSPS) is 13.6. The second-order valence-corrected chi connectivity index (χ2v) is 9.38.